The molecule has 2 N–H and O–H groups in total. The van der Waals surface area contributed by atoms with Gasteiger partial charge in [0.2, 0.25) is 0 Å². The van der Waals surface area contributed by atoms with Gasteiger partial charge >= 0.3 is 22.6 Å². The second-order valence-electron chi connectivity index (χ2n) is 2.17. The molecule has 0 unspecified atom stereocenters. The van der Waals surface area contributed by atoms with Crippen molar-refractivity contribution in [3.05, 3.63) is 35.4 Å². The number of carboxylic acid groups (broad SMARTS) is 1. The number of hydrogen-bond donors (Lipinski definition) is 2. The van der Waals surface area contributed by atoms with Gasteiger partial charge in [0.15, 0.2) is 0 Å². The molecule has 64 valence electrons. The molecule has 0 saturated carbocycles. The Bertz CT molecular complexity index is 243. The van der Waals surface area contributed by atoms with Crippen LogP contribution in [0.3, 0.4) is 0 Å². The third-order valence-corrected chi connectivity index (χ3v) is 1.30. The minimum Gasteiger partial charge on any atom is -0.521 e. The Hall–Kier alpha value is -0.818. The van der Waals surface area contributed by atoms with Gasteiger partial charge in [0.25, 0.3) is 0 Å². The molecular formula is C8H11AlO3. The molecule has 0 spiro atoms. The minimum absolute atomic E-state index is 0.306. The Balaban J connectivity index is 0.000000561. The van der Waals surface area contributed by atoms with Gasteiger partial charge in [-0.05, 0) is 19.1 Å². The summed E-state index contributed by atoms with van der Waals surface area (Å²) >= 11 is 0.306. The van der Waals surface area contributed by atoms with Crippen LogP contribution in [-0.4, -0.2) is 31.9 Å². The molecule has 0 aliphatic heterocycles. The summed E-state index contributed by atoms with van der Waals surface area (Å²) in [5.74, 6) is -0.875. The number of benzene rings is 1. The van der Waals surface area contributed by atoms with Crippen LogP contribution in [0.1, 0.15) is 15.9 Å². The summed E-state index contributed by atoms with van der Waals surface area (Å²) in [5.41, 5.74) is 1.41. The highest BCUT2D eigenvalue weighted by atomic mass is 27.1. The van der Waals surface area contributed by atoms with Gasteiger partial charge < -0.3 is 9.26 Å². The van der Waals surface area contributed by atoms with E-state index in [1.165, 1.54) is 0 Å². The number of rotatable bonds is 1. The first-order valence-electron chi connectivity index (χ1n) is 3.45. The molecule has 0 saturated heterocycles. The fourth-order valence-electron chi connectivity index (χ4n) is 0.696. The number of carbonyl (C=O) groups is 1. The van der Waals surface area contributed by atoms with Crippen LogP contribution in [-0.2, 0) is 0 Å². The molecule has 0 fully saturated rings. The molecule has 0 aromatic heterocycles. The second kappa shape index (κ2) is 5.78. The predicted molar refractivity (Wildman–Crippen MR) is 48.9 cm³/mol. The van der Waals surface area contributed by atoms with Crippen LogP contribution in [0.5, 0.6) is 0 Å². The molecule has 1 aromatic carbocycles. The molecule has 0 aliphatic carbocycles. The molecule has 4 heteroatoms. The summed E-state index contributed by atoms with van der Waals surface area (Å²) in [4.78, 5) is 10.3. The summed E-state index contributed by atoms with van der Waals surface area (Å²) in [6.45, 7) is 1.92. The van der Waals surface area contributed by atoms with Gasteiger partial charge in [0, 0.05) is 0 Å². The Morgan fingerprint density at radius 3 is 2.00 bits per heavy atom. The molecule has 3 nitrogen and oxygen atoms in total. The molecule has 0 heterocycles. The first-order valence-corrected chi connectivity index (χ1v) is 4.34. The van der Waals surface area contributed by atoms with Crippen molar-refractivity contribution in [1.29, 1.82) is 0 Å². The molecule has 1 aromatic rings. The van der Waals surface area contributed by atoms with Gasteiger partial charge in [-0.1, -0.05) is 17.7 Å². The first kappa shape index (κ1) is 11.2. The Kier molecular flexibility index (Phi) is 5.39. The lowest BCUT2D eigenvalue weighted by Crippen LogP contribution is -1.94. The van der Waals surface area contributed by atoms with E-state index in [1.54, 1.807) is 24.3 Å². The van der Waals surface area contributed by atoms with E-state index >= 15 is 0 Å². The third-order valence-electron chi connectivity index (χ3n) is 1.30. The van der Waals surface area contributed by atoms with Gasteiger partial charge in [0.05, 0.1) is 5.56 Å². The number of aryl methyl sites for hydroxylation is 1. The molecule has 0 amide bonds. The quantitative estimate of drug-likeness (QED) is 0.611. The average Bonchev–Trinajstić information content (AvgIpc) is 2.09. The zero-order valence-corrected chi connectivity index (χ0v) is 9.11. The van der Waals surface area contributed by atoms with Gasteiger partial charge in [-0.3, -0.25) is 0 Å². The second-order valence-corrected chi connectivity index (χ2v) is 2.17. The zero-order chi connectivity index (χ0) is 9.56. The average molecular weight is 182 g/mol. The fraction of sp³-hybridized carbons (Fsp3) is 0.125. The van der Waals surface area contributed by atoms with Crippen molar-refractivity contribution in [3.63, 3.8) is 0 Å². The molecule has 0 radical (unpaired) electrons. The van der Waals surface area contributed by atoms with E-state index in [4.69, 9.17) is 9.26 Å². The van der Waals surface area contributed by atoms with Crippen molar-refractivity contribution in [3.8, 4) is 0 Å². The largest absolute Gasteiger partial charge is 0.521 e. The molecule has 12 heavy (non-hydrogen) atoms. The smallest absolute Gasteiger partial charge is 0.407 e. The van der Waals surface area contributed by atoms with Crippen molar-refractivity contribution in [2.45, 2.75) is 6.92 Å². The maximum Gasteiger partial charge on any atom is 0.407 e. The van der Waals surface area contributed by atoms with Crippen LogP contribution >= 0.6 is 0 Å². The monoisotopic (exact) mass is 182 g/mol. The van der Waals surface area contributed by atoms with Crippen LogP contribution in [0, 0.1) is 6.92 Å². The van der Waals surface area contributed by atoms with E-state index < -0.39 is 5.97 Å². The summed E-state index contributed by atoms with van der Waals surface area (Å²) in [6, 6.07) is 6.75. The van der Waals surface area contributed by atoms with Crippen LogP contribution in [0.25, 0.3) is 0 Å². The molecular weight excluding hydrogens is 171 g/mol. The van der Waals surface area contributed by atoms with Crippen LogP contribution in [0.4, 0.5) is 0 Å². The zero-order valence-electron chi connectivity index (χ0n) is 7.11. The summed E-state index contributed by atoms with van der Waals surface area (Å²) in [7, 11) is 0. The topological polar surface area (TPSA) is 57.5 Å². The first-order chi connectivity index (χ1) is 5.70. The Morgan fingerprint density at radius 2 is 1.67 bits per heavy atom. The standard InChI is InChI=1S/C8H8O2.Al.H2O.2H/c1-6-2-4-7(5-3-6)8(9)10;;;;/h2-5H,1H3,(H,9,10);;1H2;;/q;+1;;;/p-1. The third kappa shape index (κ3) is 3.54. The summed E-state index contributed by atoms with van der Waals surface area (Å²) < 4.78 is 7.14. The maximum absolute atomic E-state index is 10.3. The predicted octanol–water partition coefficient (Wildman–Crippen LogP) is 0.220. The Morgan fingerprint density at radius 1 is 1.25 bits per heavy atom. The highest BCUT2D eigenvalue weighted by Crippen LogP contribution is 2.01. The van der Waals surface area contributed by atoms with Crippen molar-refractivity contribution in [1.82, 2.24) is 0 Å². The maximum atomic E-state index is 10.3. The number of carboxylic acids is 1. The molecule has 0 bridgehead atoms. The van der Waals surface area contributed by atoms with E-state index in [1.807, 2.05) is 6.92 Å². The van der Waals surface area contributed by atoms with E-state index in [-0.39, 0.29) is 0 Å². The Labute approximate surface area is 79.4 Å². The lowest BCUT2D eigenvalue weighted by molar-refractivity contribution is 0.0697. The van der Waals surface area contributed by atoms with Gasteiger partial charge in [-0.25, -0.2) is 4.79 Å². The summed E-state index contributed by atoms with van der Waals surface area (Å²) in [6.07, 6.45) is 0. The molecule has 1 rings (SSSR count). The SMILES string of the molecule is Cc1ccc(C(=O)O)cc1.[OH][AlH2]. The molecule has 0 atom stereocenters. The van der Waals surface area contributed by atoms with E-state index in [0.29, 0.717) is 22.2 Å². The highest BCUT2D eigenvalue weighted by Gasteiger charge is 1.98. The van der Waals surface area contributed by atoms with Crippen molar-refractivity contribution in [2.24, 2.45) is 0 Å². The minimum atomic E-state index is -0.875. The lowest BCUT2D eigenvalue weighted by atomic mass is 10.2. The fourth-order valence-corrected chi connectivity index (χ4v) is 0.696. The number of hydrogen-bond acceptors (Lipinski definition) is 2. The van der Waals surface area contributed by atoms with E-state index in [9.17, 15) is 4.79 Å². The van der Waals surface area contributed by atoms with Gasteiger partial charge in [0.1, 0.15) is 0 Å². The van der Waals surface area contributed by atoms with Crippen molar-refractivity contribution >= 4 is 22.6 Å². The van der Waals surface area contributed by atoms with Crippen LogP contribution in [0.2, 0.25) is 0 Å². The van der Waals surface area contributed by atoms with Crippen LogP contribution in [0.15, 0.2) is 24.3 Å². The normalized spacial score (nSPS) is 8.17. The van der Waals surface area contributed by atoms with Gasteiger partial charge in [-0.2, -0.15) is 0 Å². The van der Waals surface area contributed by atoms with Crippen molar-refractivity contribution < 1.29 is 14.1 Å². The van der Waals surface area contributed by atoms with Crippen LogP contribution < -0.4 is 0 Å². The summed E-state index contributed by atoms with van der Waals surface area (Å²) in [5, 5.41) is 8.48. The molecule has 0 aliphatic rings. The van der Waals surface area contributed by atoms with Crippen molar-refractivity contribution in [2.75, 3.05) is 0 Å². The highest BCUT2D eigenvalue weighted by molar-refractivity contribution is 5.95. The lowest BCUT2D eigenvalue weighted by Gasteiger charge is -1.92. The van der Waals surface area contributed by atoms with E-state index in [0.717, 1.165) is 5.56 Å². The number of aromatic carboxylic acids is 1. The van der Waals surface area contributed by atoms with E-state index in [2.05, 4.69) is 0 Å². The van der Waals surface area contributed by atoms with Gasteiger partial charge in [-0.15, -0.1) is 0 Å².